The molecule has 1 atom stereocenters. The van der Waals surface area contributed by atoms with E-state index in [1.807, 2.05) is 6.92 Å². The van der Waals surface area contributed by atoms with Crippen LogP contribution in [0.25, 0.3) is 0 Å². The standard InChI is InChI=1S/C14H29N3OS/c1-6-7-12(13(15)19)14(18)16-8-9-17(10(2)3)11(4)5/h10-12H,6-9H2,1-5H3,(H2,15,19)(H,16,18). The minimum absolute atomic E-state index is 0.0400. The van der Waals surface area contributed by atoms with Crippen molar-refractivity contribution >= 4 is 23.1 Å². The minimum Gasteiger partial charge on any atom is -0.393 e. The van der Waals surface area contributed by atoms with E-state index in [2.05, 4.69) is 37.9 Å². The molecule has 0 bridgehead atoms. The fraction of sp³-hybridized carbons (Fsp3) is 0.857. The predicted octanol–water partition coefficient (Wildman–Crippen LogP) is 1.92. The number of carbonyl (C=O) groups is 1. The Kier molecular flexibility index (Phi) is 8.93. The van der Waals surface area contributed by atoms with Crippen molar-refractivity contribution < 1.29 is 4.79 Å². The number of carbonyl (C=O) groups excluding carboxylic acids is 1. The molecule has 112 valence electrons. The van der Waals surface area contributed by atoms with Gasteiger partial charge >= 0.3 is 0 Å². The van der Waals surface area contributed by atoms with Gasteiger partial charge in [0.15, 0.2) is 0 Å². The predicted molar refractivity (Wildman–Crippen MR) is 85.2 cm³/mol. The van der Waals surface area contributed by atoms with Crippen LogP contribution in [-0.4, -0.2) is 41.0 Å². The second kappa shape index (κ2) is 9.26. The smallest absolute Gasteiger partial charge is 0.229 e. The first-order chi connectivity index (χ1) is 8.81. The van der Waals surface area contributed by atoms with Crippen molar-refractivity contribution in [2.75, 3.05) is 13.1 Å². The Morgan fingerprint density at radius 2 is 1.79 bits per heavy atom. The zero-order chi connectivity index (χ0) is 15.0. The number of nitrogens with one attached hydrogen (secondary N) is 1. The number of rotatable bonds is 9. The number of amides is 1. The quantitative estimate of drug-likeness (QED) is 0.636. The topological polar surface area (TPSA) is 58.4 Å². The van der Waals surface area contributed by atoms with Crippen LogP contribution in [0.1, 0.15) is 47.5 Å². The molecule has 1 amide bonds. The number of nitrogens with two attached hydrogens (primary N) is 1. The lowest BCUT2D eigenvalue weighted by Gasteiger charge is -2.30. The van der Waals surface area contributed by atoms with Crippen LogP contribution in [0.15, 0.2) is 0 Å². The van der Waals surface area contributed by atoms with E-state index < -0.39 is 0 Å². The van der Waals surface area contributed by atoms with E-state index in [-0.39, 0.29) is 11.8 Å². The monoisotopic (exact) mass is 287 g/mol. The average Bonchev–Trinajstić information content (AvgIpc) is 2.29. The second-order valence-electron chi connectivity index (χ2n) is 5.46. The summed E-state index contributed by atoms with van der Waals surface area (Å²) in [6.45, 7) is 12.2. The summed E-state index contributed by atoms with van der Waals surface area (Å²) in [6, 6.07) is 0.942. The van der Waals surface area contributed by atoms with Gasteiger partial charge < -0.3 is 11.1 Å². The summed E-state index contributed by atoms with van der Waals surface area (Å²) < 4.78 is 0. The molecule has 3 N–H and O–H groups in total. The highest BCUT2D eigenvalue weighted by Crippen LogP contribution is 2.07. The van der Waals surface area contributed by atoms with E-state index in [1.165, 1.54) is 0 Å². The van der Waals surface area contributed by atoms with Crippen LogP contribution in [0, 0.1) is 5.92 Å². The SMILES string of the molecule is CCCC(C(=O)NCCN(C(C)C)C(C)C)C(N)=S. The fourth-order valence-corrected chi connectivity index (χ4v) is 2.46. The molecule has 0 spiro atoms. The van der Waals surface area contributed by atoms with Gasteiger partial charge in [-0.15, -0.1) is 0 Å². The molecule has 0 saturated carbocycles. The van der Waals surface area contributed by atoms with Crippen LogP contribution < -0.4 is 11.1 Å². The highest BCUT2D eigenvalue weighted by molar-refractivity contribution is 7.80. The molecule has 0 aromatic carbocycles. The van der Waals surface area contributed by atoms with Gasteiger partial charge in [-0.3, -0.25) is 9.69 Å². The van der Waals surface area contributed by atoms with Gasteiger partial charge in [0.05, 0.1) is 10.9 Å². The van der Waals surface area contributed by atoms with Crippen molar-refractivity contribution in [2.45, 2.75) is 59.5 Å². The third-order valence-electron chi connectivity index (χ3n) is 3.23. The van der Waals surface area contributed by atoms with E-state index in [0.717, 1.165) is 19.4 Å². The maximum atomic E-state index is 12.0. The Labute approximate surface area is 123 Å². The Bertz CT molecular complexity index is 284. The van der Waals surface area contributed by atoms with Crippen LogP contribution in [0.4, 0.5) is 0 Å². The lowest BCUT2D eigenvalue weighted by atomic mass is 10.0. The van der Waals surface area contributed by atoms with E-state index in [1.54, 1.807) is 0 Å². The van der Waals surface area contributed by atoms with Crippen molar-refractivity contribution in [3.63, 3.8) is 0 Å². The highest BCUT2D eigenvalue weighted by Gasteiger charge is 2.20. The molecule has 0 aliphatic rings. The Balaban J connectivity index is 4.24. The van der Waals surface area contributed by atoms with E-state index in [9.17, 15) is 4.79 Å². The van der Waals surface area contributed by atoms with Gasteiger partial charge in [-0.1, -0.05) is 25.6 Å². The van der Waals surface area contributed by atoms with E-state index >= 15 is 0 Å². The van der Waals surface area contributed by atoms with Gasteiger partial charge in [0, 0.05) is 25.2 Å². The normalized spacial score (nSPS) is 13.1. The van der Waals surface area contributed by atoms with Crippen molar-refractivity contribution in [1.82, 2.24) is 10.2 Å². The molecule has 0 saturated heterocycles. The zero-order valence-electron chi connectivity index (χ0n) is 12.9. The Morgan fingerprint density at radius 1 is 1.26 bits per heavy atom. The lowest BCUT2D eigenvalue weighted by molar-refractivity contribution is -0.123. The van der Waals surface area contributed by atoms with Crippen molar-refractivity contribution in [3.8, 4) is 0 Å². The first-order valence-electron chi connectivity index (χ1n) is 7.14. The molecule has 0 aliphatic carbocycles. The van der Waals surface area contributed by atoms with Gasteiger partial charge in [0.25, 0.3) is 0 Å². The molecule has 0 radical (unpaired) electrons. The summed E-state index contributed by atoms with van der Waals surface area (Å²) in [5, 5.41) is 2.94. The van der Waals surface area contributed by atoms with Crippen LogP contribution in [-0.2, 0) is 4.79 Å². The summed E-state index contributed by atoms with van der Waals surface area (Å²) in [5.41, 5.74) is 5.61. The molecule has 1 unspecified atom stereocenters. The lowest BCUT2D eigenvalue weighted by Crippen LogP contribution is -2.45. The molecule has 0 fully saturated rings. The number of thiocarbonyl (C=S) groups is 1. The Hall–Kier alpha value is -0.680. The number of hydrogen-bond acceptors (Lipinski definition) is 3. The minimum atomic E-state index is -0.327. The molecular formula is C14H29N3OS. The summed E-state index contributed by atoms with van der Waals surface area (Å²) in [6.07, 6.45) is 1.62. The molecule has 0 aromatic heterocycles. The average molecular weight is 287 g/mol. The van der Waals surface area contributed by atoms with Crippen LogP contribution in [0.5, 0.6) is 0 Å². The largest absolute Gasteiger partial charge is 0.393 e. The van der Waals surface area contributed by atoms with Crippen LogP contribution in [0.2, 0.25) is 0 Å². The van der Waals surface area contributed by atoms with Crippen molar-refractivity contribution in [1.29, 1.82) is 0 Å². The zero-order valence-corrected chi connectivity index (χ0v) is 13.7. The maximum Gasteiger partial charge on any atom is 0.229 e. The molecule has 0 rings (SSSR count). The molecule has 5 heteroatoms. The first kappa shape index (κ1) is 18.3. The maximum absolute atomic E-state index is 12.0. The van der Waals surface area contributed by atoms with E-state index in [0.29, 0.717) is 23.6 Å². The molecule has 0 heterocycles. The van der Waals surface area contributed by atoms with Gasteiger partial charge in [-0.25, -0.2) is 0 Å². The third kappa shape index (κ3) is 6.87. The molecular weight excluding hydrogens is 258 g/mol. The van der Waals surface area contributed by atoms with Gasteiger partial charge in [-0.2, -0.15) is 0 Å². The summed E-state index contributed by atoms with van der Waals surface area (Å²) in [4.78, 5) is 14.6. The number of nitrogens with zero attached hydrogens (tertiary/aromatic N) is 1. The first-order valence-corrected chi connectivity index (χ1v) is 7.54. The van der Waals surface area contributed by atoms with E-state index in [4.69, 9.17) is 18.0 Å². The van der Waals surface area contributed by atoms with Crippen LogP contribution in [0.3, 0.4) is 0 Å². The van der Waals surface area contributed by atoms with Crippen molar-refractivity contribution in [2.24, 2.45) is 11.7 Å². The van der Waals surface area contributed by atoms with Gasteiger partial charge in [0.2, 0.25) is 5.91 Å². The summed E-state index contributed by atoms with van der Waals surface area (Å²) in [7, 11) is 0. The summed E-state index contributed by atoms with van der Waals surface area (Å²) >= 11 is 4.95. The van der Waals surface area contributed by atoms with Crippen molar-refractivity contribution in [3.05, 3.63) is 0 Å². The molecule has 19 heavy (non-hydrogen) atoms. The molecule has 0 aliphatic heterocycles. The second-order valence-corrected chi connectivity index (χ2v) is 5.93. The van der Waals surface area contributed by atoms with Gasteiger partial charge in [-0.05, 0) is 34.1 Å². The highest BCUT2D eigenvalue weighted by atomic mass is 32.1. The third-order valence-corrected chi connectivity index (χ3v) is 3.52. The molecule has 4 nitrogen and oxygen atoms in total. The molecule has 0 aromatic rings. The summed E-state index contributed by atoms with van der Waals surface area (Å²) in [5.74, 6) is -0.367. The van der Waals surface area contributed by atoms with Gasteiger partial charge in [0.1, 0.15) is 0 Å². The Morgan fingerprint density at radius 3 is 2.16 bits per heavy atom. The fourth-order valence-electron chi connectivity index (χ4n) is 2.24. The number of hydrogen-bond donors (Lipinski definition) is 2. The van der Waals surface area contributed by atoms with Crippen LogP contribution >= 0.6 is 12.2 Å².